The van der Waals surface area contributed by atoms with Gasteiger partial charge >= 0.3 is 5.97 Å². The zero-order valence-electron chi connectivity index (χ0n) is 10.4. The number of aliphatic carboxylic acids is 1. The molecule has 2 N–H and O–H groups in total. The molecule has 1 amide bonds. The molecule has 1 aliphatic carbocycles. The van der Waals surface area contributed by atoms with Crippen molar-refractivity contribution >= 4 is 23.5 Å². The Morgan fingerprint density at radius 1 is 1.42 bits per heavy atom. The Hall–Kier alpha value is -1.62. The number of nitrogens with one attached hydrogen (secondary N) is 1. The minimum atomic E-state index is -0.900. The summed E-state index contributed by atoms with van der Waals surface area (Å²) in [6, 6.07) is 1.53. The maximum absolute atomic E-state index is 12.2. The van der Waals surface area contributed by atoms with Crippen LogP contribution in [0.5, 0.6) is 0 Å². The molecule has 102 valence electrons. The van der Waals surface area contributed by atoms with Crippen LogP contribution in [-0.2, 0) is 4.79 Å². The first-order valence-electron chi connectivity index (χ1n) is 6.16. The number of rotatable bonds is 4. The predicted octanol–water partition coefficient (Wildman–Crippen LogP) is 2.25. The number of halogens is 1. The molecule has 1 fully saturated rings. The second-order valence-electron chi connectivity index (χ2n) is 4.87. The molecule has 19 heavy (non-hydrogen) atoms. The lowest BCUT2D eigenvalue weighted by atomic mass is 9.92. The highest BCUT2D eigenvalue weighted by Gasteiger charge is 2.37. The average Bonchev–Trinajstić information content (AvgIpc) is 2.76. The van der Waals surface area contributed by atoms with Crippen molar-refractivity contribution in [3.63, 3.8) is 0 Å². The topological polar surface area (TPSA) is 79.3 Å². The van der Waals surface area contributed by atoms with E-state index in [4.69, 9.17) is 16.7 Å². The fourth-order valence-electron chi connectivity index (χ4n) is 2.55. The van der Waals surface area contributed by atoms with Gasteiger partial charge in [0.1, 0.15) is 0 Å². The number of carbonyl (C=O) groups is 2. The number of nitrogens with zero attached hydrogens (tertiary/aromatic N) is 1. The lowest BCUT2D eigenvalue weighted by Gasteiger charge is -2.28. The van der Waals surface area contributed by atoms with Gasteiger partial charge in [0.25, 0.3) is 5.91 Å². The molecular weight excluding hydrogens is 268 g/mol. The molecule has 1 saturated carbocycles. The highest BCUT2D eigenvalue weighted by atomic mass is 35.5. The third-order valence-electron chi connectivity index (χ3n) is 3.45. The third-order valence-corrected chi connectivity index (χ3v) is 3.75. The standard InChI is InChI=1S/C13H15ClN2O3/c14-10-8-15-6-3-9(10)12(19)16-13(7-11(17)18)4-1-2-5-13/h3,6,8H,1-2,4-5,7H2,(H,16,19)(H,17,18). The summed E-state index contributed by atoms with van der Waals surface area (Å²) in [4.78, 5) is 27.0. The van der Waals surface area contributed by atoms with Crippen molar-refractivity contribution in [3.05, 3.63) is 29.0 Å². The molecule has 0 aliphatic heterocycles. The Morgan fingerprint density at radius 2 is 2.11 bits per heavy atom. The summed E-state index contributed by atoms with van der Waals surface area (Å²) < 4.78 is 0. The highest BCUT2D eigenvalue weighted by molar-refractivity contribution is 6.33. The number of carboxylic acids is 1. The van der Waals surface area contributed by atoms with Crippen LogP contribution in [0.25, 0.3) is 0 Å². The largest absolute Gasteiger partial charge is 0.481 e. The number of aromatic nitrogens is 1. The van der Waals surface area contributed by atoms with Crippen LogP contribution in [0.3, 0.4) is 0 Å². The Bertz CT molecular complexity index is 498. The Balaban J connectivity index is 2.16. The molecule has 5 nitrogen and oxygen atoms in total. The summed E-state index contributed by atoms with van der Waals surface area (Å²) in [5.41, 5.74) is -0.316. The Kier molecular flexibility index (Phi) is 4.04. The molecule has 1 aromatic heterocycles. The van der Waals surface area contributed by atoms with Gasteiger partial charge in [-0.1, -0.05) is 24.4 Å². The van der Waals surface area contributed by atoms with Crippen molar-refractivity contribution in [1.82, 2.24) is 10.3 Å². The number of carbonyl (C=O) groups excluding carboxylic acids is 1. The molecule has 1 aromatic rings. The van der Waals surface area contributed by atoms with E-state index in [2.05, 4.69) is 10.3 Å². The van der Waals surface area contributed by atoms with E-state index in [1.54, 1.807) is 0 Å². The lowest BCUT2D eigenvalue weighted by Crippen LogP contribution is -2.47. The van der Waals surface area contributed by atoms with E-state index in [0.29, 0.717) is 18.4 Å². The zero-order chi connectivity index (χ0) is 13.9. The zero-order valence-corrected chi connectivity index (χ0v) is 11.1. The maximum Gasteiger partial charge on any atom is 0.305 e. The number of pyridine rings is 1. The molecule has 0 aromatic carbocycles. The predicted molar refractivity (Wildman–Crippen MR) is 70.2 cm³/mol. The molecule has 0 spiro atoms. The molecule has 6 heteroatoms. The van der Waals surface area contributed by atoms with Crippen molar-refractivity contribution in [2.24, 2.45) is 0 Å². The molecule has 0 bridgehead atoms. The van der Waals surface area contributed by atoms with Gasteiger partial charge in [-0.05, 0) is 18.9 Å². The van der Waals surface area contributed by atoms with Crippen LogP contribution in [0.15, 0.2) is 18.5 Å². The van der Waals surface area contributed by atoms with Gasteiger partial charge in [0.2, 0.25) is 0 Å². The summed E-state index contributed by atoms with van der Waals surface area (Å²) in [6.45, 7) is 0. The summed E-state index contributed by atoms with van der Waals surface area (Å²) in [5.74, 6) is -1.24. The number of hydrogen-bond donors (Lipinski definition) is 2. The normalized spacial score (nSPS) is 17.1. The molecular formula is C13H15ClN2O3. The van der Waals surface area contributed by atoms with Gasteiger partial charge in [0.15, 0.2) is 0 Å². The summed E-state index contributed by atoms with van der Waals surface area (Å²) in [6.07, 6.45) is 6.06. The van der Waals surface area contributed by atoms with E-state index in [9.17, 15) is 9.59 Å². The summed E-state index contributed by atoms with van der Waals surface area (Å²) in [5, 5.41) is 12.1. The molecule has 0 atom stereocenters. The molecule has 0 saturated heterocycles. The first-order chi connectivity index (χ1) is 9.02. The van der Waals surface area contributed by atoms with E-state index in [1.165, 1.54) is 18.5 Å². The van der Waals surface area contributed by atoms with Crippen LogP contribution < -0.4 is 5.32 Å². The van der Waals surface area contributed by atoms with Crippen molar-refractivity contribution in [2.45, 2.75) is 37.6 Å². The van der Waals surface area contributed by atoms with E-state index < -0.39 is 11.5 Å². The van der Waals surface area contributed by atoms with Gasteiger partial charge in [-0.25, -0.2) is 0 Å². The third kappa shape index (κ3) is 3.23. The first-order valence-corrected chi connectivity index (χ1v) is 6.54. The highest BCUT2D eigenvalue weighted by Crippen LogP contribution is 2.33. The van der Waals surface area contributed by atoms with Gasteiger partial charge < -0.3 is 10.4 Å². The SMILES string of the molecule is O=C(O)CC1(NC(=O)c2ccncc2Cl)CCCC1. The fraction of sp³-hybridized carbons (Fsp3) is 0.462. The summed E-state index contributed by atoms with van der Waals surface area (Å²) >= 11 is 5.92. The maximum atomic E-state index is 12.2. The second kappa shape index (κ2) is 5.57. The van der Waals surface area contributed by atoms with Gasteiger partial charge in [-0.15, -0.1) is 0 Å². The van der Waals surface area contributed by atoms with Gasteiger partial charge in [-0.2, -0.15) is 0 Å². The average molecular weight is 283 g/mol. The van der Waals surface area contributed by atoms with E-state index >= 15 is 0 Å². The van der Waals surface area contributed by atoms with Crippen LogP contribution >= 0.6 is 11.6 Å². The van der Waals surface area contributed by atoms with Crippen molar-refractivity contribution < 1.29 is 14.7 Å². The fourth-order valence-corrected chi connectivity index (χ4v) is 2.76. The quantitative estimate of drug-likeness (QED) is 0.888. The number of carboxylic acid groups (broad SMARTS) is 1. The molecule has 1 heterocycles. The molecule has 2 rings (SSSR count). The van der Waals surface area contributed by atoms with Crippen molar-refractivity contribution in [2.75, 3.05) is 0 Å². The van der Waals surface area contributed by atoms with E-state index in [0.717, 1.165) is 12.8 Å². The second-order valence-corrected chi connectivity index (χ2v) is 5.27. The minimum absolute atomic E-state index is 0.0541. The van der Waals surface area contributed by atoms with Crippen LogP contribution in [0.1, 0.15) is 42.5 Å². The molecule has 0 unspecified atom stereocenters. The Morgan fingerprint density at radius 3 is 2.68 bits per heavy atom. The van der Waals surface area contributed by atoms with Crippen LogP contribution in [0, 0.1) is 0 Å². The van der Waals surface area contributed by atoms with Gasteiger partial charge in [0, 0.05) is 12.4 Å². The summed E-state index contributed by atoms with van der Waals surface area (Å²) in [7, 11) is 0. The van der Waals surface area contributed by atoms with Crippen LogP contribution in [0.4, 0.5) is 0 Å². The Labute approximate surface area is 116 Å². The van der Waals surface area contributed by atoms with E-state index in [-0.39, 0.29) is 17.4 Å². The van der Waals surface area contributed by atoms with Gasteiger partial charge in [0.05, 0.1) is 22.5 Å². The monoisotopic (exact) mass is 282 g/mol. The van der Waals surface area contributed by atoms with Crippen molar-refractivity contribution in [1.29, 1.82) is 0 Å². The smallest absolute Gasteiger partial charge is 0.305 e. The van der Waals surface area contributed by atoms with Gasteiger partial charge in [-0.3, -0.25) is 14.6 Å². The minimum Gasteiger partial charge on any atom is -0.481 e. The lowest BCUT2D eigenvalue weighted by molar-refractivity contribution is -0.138. The number of hydrogen-bond acceptors (Lipinski definition) is 3. The van der Waals surface area contributed by atoms with Crippen LogP contribution in [-0.4, -0.2) is 27.5 Å². The first kappa shape index (κ1) is 13.8. The molecule has 0 radical (unpaired) electrons. The number of amides is 1. The van der Waals surface area contributed by atoms with Crippen LogP contribution in [0.2, 0.25) is 5.02 Å². The van der Waals surface area contributed by atoms with Crippen molar-refractivity contribution in [3.8, 4) is 0 Å². The van der Waals surface area contributed by atoms with E-state index in [1.807, 2.05) is 0 Å². The molecule has 1 aliphatic rings.